The second-order valence-electron chi connectivity index (χ2n) is 7.86. The Morgan fingerprint density at radius 1 is 1.07 bits per heavy atom. The monoisotopic (exact) mass is 371 g/mol. The van der Waals surface area contributed by atoms with E-state index in [0.29, 0.717) is 12.8 Å². The number of amides is 4. The van der Waals surface area contributed by atoms with Gasteiger partial charge in [-0.05, 0) is 38.8 Å². The molecule has 2 aliphatic rings. The fourth-order valence-corrected chi connectivity index (χ4v) is 4.20. The van der Waals surface area contributed by atoms with E-state index in [9.17, 15) is 14.4 Å². The van der Waals surface area contributed by atoms with Crippen molar-refractivity contribution in [1.29, 1.82) is 0 Å². The Bertz CT molecular complexity index is 694. The van der Waals surface area contributed by atoms with Crippen LogP contribution in [0, 0.1) is 0 Å². The van der Waals surface area contributed by atoms with Crippen LogP contribution in [-0.2, 0) is 9.59 Å². The van der Waals surface area contributed by atoms with Crippen molar-refractivity contribution in [2.45, 2.75) is 70.4 Å². The second kappa shape index (κ2) is 8.11. The number of urea groups is 1. The van der Waals surface area contributed by atoms with Crippen LogP contribution in [0.1, 0.15) is 58.8 Å². The molecule has 1 aromatic carbocycles. The summed E-state index contributed by atoms with van der Waals surface area (Å²) in [6.45, 7) is 3.62. The zero-order valence-electron chi connectivity index (χ0n) is 16.2. The van der Waals surface area contributed by atoms with E-state index in [2.05, 4.69) is 5.32 Å². The highest BCUT2D eigenvalue weighted by Crippen LogP contribution is 2.32. The minimum Gasteiger partial charge on any atom is -0.323 e. The average Bonchev–Trinajstić information content (AvgIpc) is 2.84. The van der Waals surface area contributed by atoms with Crippen LogP contribution >= 0.6 is 0 Å². The van der Waals surface area contributed by atoms with Crippen molar-refractivity contribution in [2.75, 3.05) is 11.4 Å². The Balaban J connectivity index is 1.76. The highest BCUT2D eigenvalue weighted by atomic mass is 16.2. The van der Waals surface area contributed by atoms with Gasteiger partial charge in [0, 0.05) is 11.7 Å². The first-order chi connectivity index (χ1) is 12.9. The smallest absolute Gasteiger partial charge is 0.323 e. The molecule has 0 aromatic heterocycles. The summed E-state index contributed by atoms with van der Waals surface area (Å²) in [6, 6.07) is 8.84. The molecule has 4 amide bonds. The molecule has 3 rings (SSSR count). The lowest BCUT2D eigenvalue weighted by Crippen LogP contribution is -2.49. The highest BCUT2D eigenvalue weighted by Gasteiger charge is 2.51. The molecule has 1 aliphatic carbocycles. The van der Waals surface area contributed by atoms with Crippen molar-refractivity contribution < 1.29 is 14.4 Å². The number of anilines is 1. The maximum atomic E-state index is 13.1. The number of benzene rings is 1. The highest BCUT2D eigenvalue weighted by molar-refractivity contribution is 6.10. The Morgan fingerprint density at radius 2 is 1.67 bits per heavy atom. The zero-order chi connectivity index (χ0) is 19.4. The summed E-state index contributed by atoms with van der Waals surface area (Å²) in [4.78, 5) is 41.4. The van der Waals surface area contributed by atoms with Gasteiger partial charge in [-0.1, -0.05) is 50.3 Å². The van der Waals surface area contributed by atoms with Crippen LogP contribution in [0.2, 0.25) is 0 Å². The largest absolute Gasteiger partial charge is 0.325 e. The molecule has 2 fully saturated rings. The van der Waals surface area contributed by atoms with Gasteiger partial charge in [0.1, 0.15) is 12.1 Å². The van der Waals surface area contributed by atoms with Crippen molar-refractivity contribution >= 4 is 23.5 Å². The summed E-state index contributed by atoms with van der Waals surface area (Å²) in [5.74, 6) is -0.484. The van der Waals surface area contributed by atoms with Crippen LogP contribution in [0.5, 0.6) is 0 Å². The predicted molar refractivity (Wildman–Crippen MR) is 104 cm³/mol. The van der Waals surface area contributed by atoms with Gasteiger partial charge in [-0.25, -0.2) is 4.79 Å². The lowest BCUT2D eigenvalue weighted by Gasteiger charge is -2.30. The lowest BCUT2D eigenvalue weighted by atomic mass is 9.84. The van der Waals surface area contributed by atoms with Gasteiger partial charge in [-0.2, -0.15) is 0 Å². The van der Waals surface area contributed by atoms with Crippen LogP contribution < -0.4 is 10.2 Å². The maximum absolute atomic E-state index is 13.1. The number of para-hydroxylation sites is 1. The molecule has 0 radical (unpaired) electrons. The van der Waals surface area contributed by atoms with Crippen molar-refractivity contribution in [3.05, 3.63) is 30.3 Å². The Morgan fingerprint density at radius 3 is 2.26 bits per heavy atom. The molecule has 1 spiro atoms. The van der Waals surface area contributed by atoms with Gasteiger partial charge in [0.15, 0.2) is 0 Å². The number of nitrogens with one attached hydrogen (secondary N) is 1. The van der Waals surface area contributed by atoms with Gasteiger partial charge in [-0.3, -0.25) is 14.5 Å². The molecule has 1 aliphatic heterocycles. The fourth-order valence-electron chi connectivity index (χ4n) is 4.20. The summed E-state index contributed by atoms with van der Waals surface area (Å²) < 4.78 is 0. The quantitative estimate of drug-likeness (QED) is 0.824. The summed E-state index contributed by atoms with van der Waals surface area (Å²) in [6.07, 6.45) is 6.52. The molecule has 27 heavy (non-hydrogen) atoms. The van der Waals surface area contributed by atoms with Crippen molar-refractivity contribution in [3.63, 3.8) is 0 Å². The van der Waals surface area contributed by atoms with Gasteiger partial charge < -0.3 is 10.2 Å². The third kappa shape index (κ3) is 3.99. The molecule has 0 bridgehead atoms. The molecular weight excluding hydrogens is 342 g/mol. The number of rotatable bonds is 4. The summed E-state index contributed by atoms with van der Waals surface area (Å²) >= 11 is 0. The van der Waals surface area contributed by atoms with Crippen LogP contribution in [0.25, 0.3) is 0 Å². The summed E-state index contributed by atoms with van der Waals surface area (Å²) in [5.41, 5.74) is -0.0436. The predicted octanol–water partition coefficient (Wildman–Crippen LogP) is 3.46. The van der Waals surface area contributed by atoms with Gasteiger partial charge >= 0.3 is 6.03 Å². The van der Waals surface area contributed by atoms with Crippen LogP contribution in [-0.4, -0.2) is 40.9 Å². The minimum atomic E-state index is -0.812. The van der Waals surface area contributed by atoms with E-state index in [1.54, 1.807) is 4.90 Å². The molecule has 0 atom stereocenters. The number of hydrogen-bond donors (Lipinski definition) is 1. The molecule has 1 saturated heterocycles. The first kappa shape index (κ1) is 19.4. The first-order valence-electron chi connectivity index (χ1n) is 9.96. The molecular formula is C21H29N3O3. The number of hydrogen-bond acceptors (Lipinski definition) is 3. The standard InChI is InChI=1S/C21H29N3O3/c1-16(2)24(17-11-7-6-8-12-17)18(25)15-23-19(26)21(22-20(23)27)13-9-4-3-5-10-14-21/h6-8,11-12,16H,3-5,9-10,13-15H2,1-2H3,(H,22,27). The number of carbonyl (C=O) groups excluding carboxylic acids is 3. The number of nitrogens with zero attached hydrogens (tertiary/aromatic N) is 2. The van der Waals surface area contributed by atoms with Gasteiger partial charge in [0.05, 0.1) is 0 Å². The molecule has 1 heterocycles. The third-order valence-corrected chi connectivity index (χ3v) is 5.57. The van der Waals surface area contributed by atoms with Crippen molar-refractivity contribution in [2.24, 2.45) is 0 Å². The third-order valence-electron chi connectivity index (χ3n) is 5.57. The number of carbonyl (C=O) groups is 3. The van der Waals surface area contributed by atoms with Gasteiger partial charge in [-0.15, -0.1) is 0 Å². The van der Waals surface area contributed by atoms with Crippen LogP contribution in [0.3, 0.4) is 0 Å². The maximum Gasteiger partial charge on any atom is 0.325 e. The molecule has 0 unspecified atom stereocenters. The molecule has 146 valence electrons. The molecule has 1 saturated carbocycles. The van der Waals surface area contributed by atoms with E-state index in [4.69, 9.17) is 0 Å². The van der Waals surface area contributed by atoms with E-state index in [-0.39, 0.29) is 24.4 Å². The minimum absolute atomic E-state index is 0.0731. The summed E-state index contributed by atoms with van der Waals surface area (Å²) in [5, 5.41) is 2.92. The molecule has 6 nitrogen and oxygen atoms in total. The Hall–Kier alpha value is -2.37. The van der Waals surface area contributed by atoms with Crippen molar-refractivity contribution in [1.82, 2.24) is 10.2 Å². The second-order valence-corrected chi connectivity index (χ2v) is 7.86. The van der Waals surface area contributed by atoms with E-state index in [0.717, 1.165) is 36.3 Å². The first-order valence-corrected chi connectivity index (χ1v) is 9.96. The van der Waals surface area contributed by atoms with Gasteiger partial charge in [0.2, 0.25) is 5.91 Å². The lowest BCUT2D eigenvalue weighted by molar-refractivity contribution is -0.135. The molecule has 6 heteroatoms. The summed E-state index contributed by atoms with van der Waals surface area (Å²) in [7, 11) is 0. The van der Waals surface area contributed by atoms with Crippen LogP contribution in [0.4, 0.5) is 10.5 Å². The Labute approximate surface area is 160 Å². The number of imide groups is 1. The van der Waals surface area contributed by atoms with Crippen molar-refractivity contribution in [3.8, 4) is 0 Å². The van der Waals surface area contributed by atoms with E-state index in [1.165, 1.54) is 6.42 Å². The zero-order valence-corrected chi connectivity index (χ0v) is 16.2. The normalized spacial score (nSPS) is 19.7. The average molecular weight is 371 g/mol. The molecule has 1 aromatic rings. The van der Waals surface area contributed by atoms with E-state index < -0.39 is 11.6 Å². The topological polar surface area (TPSA) is 69.7 Å². The van der Waals surface area contributed by atoms with Gasteiger partial charge in [0.25, 0.3) is 5.91 Å². The Kier molecular flexibility index (Phi) is 5.82. The fraction of sp³-hybridized carbons (Fsp3) is 0.571. The van der Waals surface area contributed by atoms with Crippen LogP contribution in [0.15, 0.2) is 30.3 Å². The van der Waals surface area contributed by atoms with E-state index >= 15 is 0 Å². The van der Waals surface area contributed by atoms with E-state index in [1.807, 2.05) is 44.2 Å². The SMILES string of the molecule is CC(C)N(C(=O)CN1C(=O)NC2(CCCCCCC2)C1=O)c1ccccc1. The molecule has 1 N–H and O–H groups in total.